The molecule has 1 saturated heterocycles. The van der Waals surface area contributed by atoms with E-state index >= 15 is 0 Å². The molecule has 0 radical (unpaired) electrons. The first-order valence-electron chi connectivity index (χ1n) is 9.48. The van der Waals surface area contributed by atoms with Crippen LogP contribution in [0.4, 0.5) is 5.69 Å². The molecule has 0 aliphatic carbocycles. The van der Waals surface area contributed by atoms with Crippen LogP contribution < -0.4 is 19.1 Å². The SMILES string of the molecule is COc1ccc(OC)c(S(=O)(=O)NCc2ccc(N3CCC[C@@H](C)C3)cc2)c1. The first kappa shape index (κ1) is 20.5. The van der Waals surface area contributed by atoms with E-state index in [0.29, 0.717) is 11.7 Å². The number of anilines is 1. The number of ether oxygens (including phenoxy) is 2. The van der Waals surface area contributed by atoms with Crippen LogP contribution in [0.5, 0.6) is 11.5 Å². The average molecular weight is 405 g/mol. The highest BCUT2D eigenvalue weighted by Crippen LogP contribution is 2.28. The second kappa shape index (κ2) is 8.84. The molecule has 1 atom stereocenters. The summed E-state index contributed by atoms with van der Waals surface area (Å²) in [4.78, 5) is 2.46. The molecule has 0 bridgehead atoms. The largest absolute Gasteiger partial charge is 0.497 e. The van der Waals surface area contributed by atoms with E-state index in [4.69, 9.17) is 9.47 Å². The predicted octanol–water partition coefficient (Wildman–Crippen LogP) is 3.42. The second-order valence-electron chi connectivity index (χ2n) is 7.20. The van der Waals surface area contributed by atoms with Crippen molar-refractivity contribution in [2.24, 2.45) is 5.92 Å². The van der Waals surface area contributed by atoms with Crippen LogP contribution in [0.1, 0.15) is 25.3 Å². The van der Waals surface area contributed by atoms with Gasteiger partial charge in [0.2, 0.25) is 10.0 Å². The predicted molar refractivity (Wildman–Crippen MR) is 111 cm³/mol. The number of nitrogens with zero attached hydrogens (tertiary/aromatic N) is 1. The number of hydrogen-bond acceptors (Lipinski definition) is 5. The van der Waals surface area contributed by atoms with Gasteiger partial charge >= 0.3 is 0 Å². The van der Waals surface area contributed by atoms with Crippen molar-refractivity contribution in [1.29, 1.82) is 0 Å². The molecule has 2 aromatic rings. The summed E-state index contributed by atoms with van der Waals surface area (Å²) in [5.74, 6) is 1.45. The topological polar surface area (TPSA) is 67.9 Å². The quantitative estimate of drug-likeness (QED) is 0.766. The van der Waals surface area contributed by atoms with Crippen molar-refractivity contribution < 1.29 is 17.9 Å². The number of benzene rings is 2. The number of rotatable bonds is 7. The van der Waals surface area contributed by atoms with Crippen LogP contribution in [0.15, 0.2) is 47.4 Å². The number of piperidine rings is 1. The lowest BCUT2D eigenvalue weighted by Gasteiger charge is -2.32. The maximum Gasteiger partial charge on any atom is 0.244 e. The smallest absolute Gasteiger partial charge is 0.244 e. The number of hydrogen-bond donors (Lipinski definition) is 1. The van der Waals surface area contributed by atoms with Gasteiger partial charge in [-0.1, -0.05) is 19.1 Å². The van der Waals surface area contributed by atoms with Crippen LogP contribution in [0.2, 0.25) is 0 Å². The highest BCUT2D eigenvalue weighted by molar-refractivity contribution is 7.89. The maximum atomic E-state index is 12.7. The Morgan fingerprint density at radius 1 is 1.11 bits per heavy atom. The van der Waals surface area contributed by atoms with Crippen LogP contribution in [-0.2, 0) is 16.6 Å². The summed E-state index contributed by atoms with van der Waals surface area (Å²) in [5, 5.41) is 0. The molecule has 7 heteroatoms. The van der Waals surface area contributed by atoms with Crippen LogP contribution in [0, 0.1) is 5.92 Å². The van der Waals surface area contributed by atoms with Crippen LogP contribution in [0.25, 0.3) is 0 Å². The third-order valence-electron chi connectivity index (χ3n) is 5.09. The summed E-state index contributed by atoms with van der Waals surface area (Å²) in [6.07, 6.45) is 2.50. The molecule has 1 N–H and O–H groups in total. The van der Waals surface area contributed by atoms with E-state index in [-0.39, 0.29) is 17.2 Å². The molecule has 0 spiro atoms. The molecule has 0 aromatic heterocycles. The zero-order chi connectivity index (χ0) is 20.1. The van der Waals surface area contributed by atoms with E-state index in [1.165, 1.54) is 38.8 Å². The fraction of sp³-hybridized carbons (Fsp3) is 0.429. The van der Waals surface area contributed by atoms with E-state index < -0.39 is 10.0 Å². The molecule has 152 valence electrons. The van der Waals surface area contributed by atoms with Gasteiger partial charge in [0, 0.05) is 31.4 Å². The fourth-order valence-corrected chi connectivity index (χ4v) is 4.70. The minimum absolute atomic E-state index is 0.0632. The summed E-state index contributed by atoms with van der Waals surface area (Å²) in [5.41, 5.74) is 2.09. The van der Waals surface area contributed by atoms with Gasteiger partial charge in [0.15, 0.2) is 0 Å². The lowest BCUT2D eigenvalue weighted by atomic mass is 9.99. The van der Waals surface area contributed by atoms with Gasteiger partial charge in [-0.25, -0.2) is 13.1 Å². The van der Waals surface area contributed by atoms with Crippen molar-refractivity contribution in [1.82, 2.24) is 4.72 Å². The molecular formula is C21H28N2O4S. The Hall–Kier alpha value is -2.25. The Bertz CT molecular complexity index is 897. The minimum Gasteiger partial charge on any atom is -0.497 e. The number of nitrogens with one attached hydrogen (secondary N) is 1. The van der Waals surface area contributed by atoms with Crippen LogP contribution >= 0.6 is 0 Å². The molecule has 28 heavy (non-hydrogen) atoms. The van der Waals surface area contributed by atoms with Crippen LogP contribution in [0.3, 0.4) is 0 Å². The van der Waals surface area contributed by atoms with Gasteiger partial charge in [0.05, 0.1) is 14.2 Å². The van der Waals surface area contributed by atoms with E-state index in [9.17, 15) is 8.42 Å². The van der Waals surface area contributed by atoms with Crippen molar-refractivity contribution in [3.63, 3.8) is 0 Å². The highest BCUT2D eigenvalue weighted by Gasteiger charge is 2.21. The Kier molecular flexibility index (Phi) is 6.46. The van der Waals surface area contributed by atoms with Gasteiger partial charge in [-0.3, -0.25) is 0 Å². The zero-order valence-electron chi connectivity index (χ0n) is 16.6. The third-order valence-corrected chi connectivity index (χ3v) is 6.51. The summed E-state index contributed by atoms with van der Waals surface area (Å²) in [6, 6.07) is 12.8. The summed E-state index contributed by atoms with van der Waals surface area (Å²) in [6.45, 7) is 4.63. The lowest BCUT2D eigenvalue weighted by molar-refractivity contribution is 0.392. The Balaban J connectivity index is 1.69. The molecule has 0 amide bonds. The van der Waals surface area contributed by atoms with Crippen molar-refractivity contribution in [2.75, 3.05) is 32.2 Å². The standard InChI is InChI=1S/C21H28N2O4S/c1-16-5-4-12-23(15-16)18-8-6-17(7-9-18)14-22-28(24,25)21-13-19(26-2)10-11-20(21)27-3/h6-11,13,16,22H,4-5,12,14-15H2,1-3H3/t16-/m1/s1. The molecule has 0 saturated carbocycles. The zero-order valence-corrected chi connectivity index (χ0v) is 17.5. The highest BCUT2D eigenvalue weighted by atomic mass is 32.2. The molecule has 6 nitrogen and oxygen atoms in total. The van der Waals surface area contributed by atoms with Gasteiger partial charge in [0.25, 0.3) is 0 Å². The van der Waals surface area contributed by atoms with Crippen molar-refractivity contribution in [2.45, 2.75) is 31.2 Å². The molecule has 1 heterocycles. The molecule has 1 aliphatic heterocycles. The fourth-order valence-electron chi connectivity index (χ4n) is 3.50. The van der Waals surface area contributed by atoms with Crippen molar-refractivity contribution >= 4 is 15.7 Å². The van der Waals surface area contributed by atoms with Crippen molar-refractivity contribution in [3.8, 4) is 11.5 Å². The first-order chi connectivity index (χ1) is 13.4. The van der Waals surface area contributed by atoms with Crippen molar-refractivity contribution in [3.05, 3.63) is 48.0 Å². The monoisotopic (exact) mass is 404 g/mol. The normalized spacial score (nSPS) is 17.4. The Labute approximate surface area is 167 Å². The van der Waals surface area contributed by atoms with Gasteiger partial charge in [-0.05, 0) is 48.6 Å². The summed E-state index contributed by atoms with van der Waals surface area (Å²) >= 11 is 0. The van der Waals surface area contributed by atoms with Gasteiger partial charge in [-0.2, -0.15) is 0 Å². The molecule has 2 aromatic carbocycles. The minimum atomic E-state index is -3.74. The summed E-state index contributed by atoms with van der Waals surface area (Å²) in [7, 11) is -0.795. The van der Waals surface area contributed by atoms with Crippen LogP contribution in [-0.4, -0.2) is 35.7 Å². The molecule has 1 fully saturated rings. The Morgan fingerprint density at radius 2 is 1.86 bits per heavy atom. The van der Waals surface area contributed by atoms with Gasteiger partial charge in [0.1, 0.15) is 16.4 Å². The molecule has 3 rings (SSSR count). The van der Waals surface area contributed by atoms with Gasteiger partial charge < -0.3 is 14.4 Å². The van der Waals surface area contributed by atoms with Gasteiger partial charge in [-0.15, -0.1) is 0 Å². The molecule has 0 unspecified atom stereocenters. The van der Waals surface area contributed by atoms with E-state index in [2.05, 4.69) is 28.7 Å². The maximum absolute atomic E-state index is 12.7. The number of sulfonamides is 1. The molecule has 1 aliphatic rings. The Morgan fingerprint density at radius 3 is 2.50 bits per heavy atom. The molecular weight excluding hydrogens is 376 g/mol. The lowest BCUT2D eigenvalue weighted by Crippen LogP contribution is -2.34. The number of methoxy groups -OCH3 is 2. The van der Waals surface area contributed by atoms with E-state index in [0.717, 1.165) is 18.7 Å². The third kappa shape index (κ3) is 4.77. The first-order valence-corrected chi connectivity index (χ1v) is 11.0. The van der Waals surface area contributed by atoms with E-state index in [1.54, 1.807) is 12.1 Å². The van der Waals surface area contributed by atoms with E-state index in [1.807, 2.05) is 12.1 Å². The summed E-state index contributed by atoms with van der Waals surface area (Å²) < 4.78 is 38.5. The second-order valence-corrected chi connectivity index (χ2v) is 8.94. The average Bonchev–Trinajstić information content (AvgIpc) is 2.72.